The smallest absolute Gasteiger partial charge is 0.206 e. The molecule has 3 nitrogen and oxygen atoms in total. The number of hydrogen-bond donors (Lipinski definition) is 1. The predicted molar refractivity (Wildman–Crippen MR) is 107 cm³/mol. The van der Waals surface area contributed by atoms with Gasteiger partial charge in [-0.1, -0.05) is 83.8 Å². The van der Waals surface area contributed by atoms with Crippen LogP contribution in [0.15, 0.2) is 71.1 Å². The molecule has 4 aromatic rings. The van der Waals surface area contributed by atoms with Gasteiger partial charge in [0.1, 0.15) is 5.82 Å². The van der Waals surface area contributed by atoms with Crippen LogP contribution in [0.1, 0.15) is 11.1 Å². The van der Waals surface area contributed by atoms with Gasteiger partial charge >= 0.3 is 0 Å². The molecule has 0 aliphatic carbocycles. The molecule has 26 heavy (non-hydrogen) atoms. The number of anilines is 1. The highest BCUT2D eigenvalue weighted by atomic mass is 32.2. The van der Waals surface area contributed by atoms with Gasteiger partial charge in [-0.2, -0.15) is 0 Å². The van der Waals surface area contributed by atoms with E-state index in [1.165, 1.54) is 33.7 Å². The van der Waals surface area contributed by atoms with Crippen LogP contribution in [0.4, 0.5) is 9.52 Å². The van der Waals surface area contributed by atoms with Crippen molar-refractivity contribution in [3.63, 3.8) is 0 Å². The number of nitrogens with one attached hydrogen (secondary N) is 1. The van der Waals surface area contributed by atoms with Crippen LogP contribution in [0.3, 0.4) is 0 Å². The lowest BCUT2D eigenvalue weighted by Crippen LogP contribution is -2.01. The van der Waals surface area contributed by atoms with Crippen LogP contribution in [-0.4, -0.2) is 10.2 Å². The van der Waals surface area contributed by atoms with Crippen molar-refractivity contribution in [2.75, 3.05) is 5.32 Å². The molecule has 0 unspecified atom stereocenters. The van der Waals surface area contributed by atoms with E-state index in [1.54, 1.807) is 23.9 Å². The van der Waals surface area contributed by atoms with Gasteiger partial charge < -0.3 is 5.32 Å². The van der Waals surface area contributed by atoms with Gasteiger partial charge in [-0.15, -0.1) is 10.2 Å². The van der Waals surface area contributed by atoms with E-state index in [0.717, 1.165) is 10.1 Å². The summed E-state index contributed by atoms with van der Waals surface area (Å²) >= 11 is 3.15. The Bertz CT molecular complexity index is 1030. The number of hydrogen-bond acceptors (Lipinski definition) is 5. The number of nitrogens with zero attached hydrogens (tertiary/aromatic N) is 2. The monoisotopic (exact) mass is 381 g/mol. The van der Waals surface area contributed by atoms with Crippen LogP contribution in [0, 0.1) is 5.82 Å². The van der Waals surface area contributed by atoms with Crippen molar-refractivity contribution < 1.29 is 4.39 Å². The maximum absolute atomic E-state index is 13.7. The van der Waals surface area contributed by atoms with Gasteiger partial charge in [-0.05, 0) is 22.4 Å². The van der Waals surface area contributed by atoms with Crippen molar-refractivity contribution in [1.29, 1.82) is 0 Å². The first-order chi connectivity index (χ1) is 12.8. The molecular weight excluding hydrogens is 365 g/mol. The second kappa shape index (κ2) is 7.85. The summed E-state index contributed by atoms with van der Waals surface area (Å²) in [6, 6.07) is 21.5. The Hall–Kier alpha value is -2.44. The fraction of sp³-hybridized carbons (Fsp3) is 0.100. The average Bonchev–Trinajstić information content (AvgIpc) is 3.13. The number of aromatic nitrogens is 2. The fourth-order valence-corrected chi connectivity index (χ4v) is 4.46. The average molecular weight is 382 g/mol. The SMILES string of the molecule is Fc1ccccc1CNc1nnc(SCc2cccc3ccccc23)s1. The highest BCUT2D eigenvalue weighted by Crippen LogP contribution is 2.31. The van der Waals surface area contributed by atoms with Crippen LogP contribution in [0.2, 0.25) is 0 Å². The Kier molecular flexibility index (Phi) is 5.13. The van der Waals surface area contributed by atoms with E-state index < -0.39 is 0 Å². The first-order valence-electron chi connectivity index (χ1n) is 8.20. The predicted octanol–water partition coefficient (Wildman–Crippen LogP) is 5.73. The fourth-order valence-electron chi connectivity index (χ4n) is 2.71. The van der Waals surface area contributed by atoms with E-state index in [4.69, 9.17) is 0 Å². The molecule has 3 aromatic carbocycles. The molecule has 0 fully saturated rings. The minimum atomic E-state index is -0.213. The topological polar surface area (TPSA) is 37.8 Å². The first-order valence-corrected chi connectivity index (χ1v) is 10.00. The quantitative estimate of drug-likeness (QED) is 0.433. The Morgan fingerprint density at radius 2 is 1.65 bits per heavy atom. The molecule has 0 saturated heterocycles. The largest absolute Gasteiger partial charge is 0.356 e. The van der Waals surface area contributed by atoms with E-state index in [-0.39, 0.29) is 5.82 Å². The minimum Gasteiger partial charge on any atom is -0.356 e. The van der Waals surface area contributed by atoms with Crippen molar-refractivity contribution in [2.24, 2.45) is 0 Å². The molecule has 0 atom stereocenters. The lowest BCUT2D eigenvalue weighted by atomic mass is 10.1. The molecule has 130 valence electrons. The molecule has 0 bridgehead atoms. The highest BCUT2D eigenvalue weighted by Gasteiger charge is 2.08. The van der Waals surface area contributed by atoms with Crippen molar-refractivity contribution in [2.45, 2.75) is 16.6 Å². The Labute approximate surface area is 159 Å². The molecule has 1 heterocycles. The standard InChI is InChI=1S/C20H16FN3S2/c21-18-11-4-2-7-15(18)12-22-19-23-24-20(26-19)25-13-16-9-5-8-14-6-1-3-10-17(14)16/h1-11H,12-13H2,(H,22,23). The summed E-state index contributed by atoms with van der Waals surface area (Å²) in [7, 11) is 0. The van der Waals surface area contributed by atoms with Gasteiger partial charge in [-0.3, -0.25) is 0 Å². The van der Waals surface area contributed by atoms with E-state index in [0.29, 0.717) is 17.2 Å². The number of halogens is 1. The van der Waals surface area contributed by atoms with E-state index in [9.17, 15) is 4.39 Å². The molecule has 0 saturated carbocycles. The molecule has 0 amide bonds. The van der Waals surface area contributed by atoms with Crippen molar-refractivity contribution in [1.82, 2.24) is 10.2 Å². The molecule has 0 aliphatic rings. The normalized spacial score (nSPS) is 11.0. The summed E-state index contributed by atoms with van der Waals surface area (Å²) in [6.07, 6.45) is 0. The lowest BCUT2D eigenvalue weighted by Gasteiger charge is -2.04. The summed E-state index contributed by atoms with van der Waals surface area (Å²) in [6.45, 7) is 0.398. The third kappa shape index (κ3) is 3.86. The summed E-state index contributed by atoms with van der Waals surface area (Å²) in [5, 5.41) is 14.7. The zero-order valence-corrected chi connectivity index (χ0v) is 15.5. The lowest BCUT2D eigenvalue weighted by molar-refractivity contribution is 0.613. The van der Waals surface area contributed by atoms with Crippen LogP contribution < -0.4 is 5.32 Å². The van der Waals surface area contributed by atoms with Gasteiger partial charge in [0, 0.05) is 17.9 Å². The second-order valence-corrected chi connectivity index (χ2v) is 7.95. The summed E-state index contributed by atoms with van der Waals surface area (Å²) in [5.41, 5.74) is 1.90. The maximum Gasteiger partial charge on any atom is 0.206 e. The summed E-state index contributed by atoms with van der Waals surface area (Å²) in [5.74, 6) is 0.624. The summed E-state index contributed by atoms with van der Waals surface area (Å²) < 4.78 is 14.6. The zero-order chi connectivity index (χ0) is 17.8. The minimum absolute atomic E-state index is 0.213. The third-order valence-corrected chi connectivity index (χ3v) is 6.09. The maximum atomic E-state index is 13.7. The van der Waals surface area contributed by atoms with Gasteiger partial charge in [-0.25, -0.2) is 4.39 Å². The van der Waals surface area contributed by atoms with E-state index in [1.807, 2.05) is 6.07 Å². The molecular formula is C20H16FN3S2. The highest BCUT2D eigenvalue weighted by molar-refractivity contribution is 8.00. The molecule has 0 aliphatic heterocycles. The van der Waals surface area contributed by atoms with Gasteiger partial charge in [0.15, 0.2) is 4.34 Å². The van der Waals surface area contributed by atoms with Crippen LogP contribution >= 0.6 is 23.1 Å². The van der Waals surface area contributed by atoms with Crippen LogP contribution in [-0.2, 0) is 12.3 Å². The molecule has 1 N–H and O–H groups in total. The Balaban J connectivity index is 1.40. The van der Waals surface area contributed by atoms with Crippen molar-refractivity contribution in [3.8, 4) is 0 Å². The van der Waals surface area contributed by atoms with E-state index in [2.05, 4.69) is 58.0 Å². The second-order valence-electron chi connectivity index (χ2n) is 5.75. The Morgan fingerprint density at radius 3 is 2.58 bits per heavy atom. The molecule has 0 spiro atoms. The third-order valence-electron chi connectivity index (χ3n) is 4.03. The number of fused-ring (bicyclic) bond motifs is 1. The zero-order valence-electron chi connectivity index (χ0n) is 13.9. The summed E-state index contributed by atoms with van der Waals surface area (Å²) in [4.78, 5) is 0. The van der Waals surface area contributed by atoms with Gasteiger partial charge in [0.05, 0.1) is 0 Å². The van der Waals surface area contributed by atoms with Gasteiger partial charge in [0.25, 0.3) is 0 Å². The number of thioether (sulfide) groups is 1. The number of benzene rings is 3. The van der Waals surface area contributed by atoms with Crippen molar-refractivity contribution >= 4 is 39.0 Å². The molecule has 4 rings (SSSR count). The molecule has 0 radical (unpaired) electrons. The first kappa shape index (κ1) is 17.0. The van der Waals surface area contributed by atoms with Crippen LogP contribution in [0.25, 0.3) is 10.8 Å². The Morgan fingerprint density at radius 1 is 0.885 bits per heavy atom. The van der Waals surface area contributed by atoms with Gasteiger partial charge in [0.2, 0.25) is 5.13 Å². The number of rotatable bonds is 6. The van der Waals surface area contributed by atoms with E-state index >= 15 is 0 Å². The van der Waals surface area contributed by atoms with Crippen LogP contribution in [0.5, 0.6) is 0 Å². The molecule has 6 heteroatoms. The van der Waals surface area contributed by atoms with Crippen molar-refractivity contribution in [3.05, 3.63) is 83.7 Å². The molecule has 1 aromatic heterocycles.